The fourth-order valence-electron chi connectivity index (χ4n) is 8.70. The van der Waals surface area contributed by atoms with Crippen LogP contribution in [0.3, 0.4) is 0 Å². The summed E-state index contributed by atoms with van der Waals surface area (Å²) in [6.07, 6.45) is 6.87. The molecule has 1 aromatic carbocycles. The van der Waals surface area contributed by atoms with Crippen LogP contribution in [0, 0.1) is 10.8 Å². The van der Waals surface area contributed by atoms with Crippen molar-refractivity contribution < 1.29 is 24.1 Å². The molecule has 4 aliphatic carbocycles. The quantitative estimate of drug-likeness (QED) is 0.579. The summed E-state index contributed by atoms with van der Waals surface area (Å²) in [4.78, 5) is 15.7. The maximum atomic E-state index is 13.2. The summed E-state index contributed by atoms with van der Waals surface area (Å²) in [5.74, 6) is 0.528. The molecule has 1 N–H and O–H groups in total. The van der Waals surface area contributed by atoms with Crippen LogP contribution in [0.2, 0.25) is 0 Å². The average molecular weight is 395 g/mol. The molecule has 152 valence electrons. The number of phenols is 1. The standard InChI is InChI=1S/C23H25NO5/c1-19-11-20-6-7-22(19,27-3)23(12-28-18(19)26)21(20)8-9-24(2)15(20)10-13-4-5-14(25)17(29-23)16(13)21/h4-7,15,25H,8-12H2,1-3H3/t15-,19+,20-,21-,22-,23-/m1/s1. The van der Waals surface area contributed by atoms with Crippen LogP contribution in [0.4, 0.5) is 0 Å². The molecule has 6 nitrogen and oxygen atoms in total. The van der Waals surface area contributed by atoms with Gasteiger partial charge < -0.3 is 24.2 Å². The summed E-state index contributed by atoms with van der Waals surface area (Å²) in [6.45, 7) is 3.06. The van der Waals surface area contributed by atoms with Gasteiger partial charge in [0.25, 0.3) is 0 Å². The van der Waals surface area contributed by atoms with Gasteiger partial charge in [-0.2, -0.15) is 0 Å². The van der Waals surface area contributed by atoms with Gasteiger partial charge in [-0.25, -0.2) is 0 Å². The first kappa shape index (κ1) is 16.7. The number of likely N-dealkylation sites (tertiary alicyclic amines) is 1. The Morgan fingerprint density at radius 3 is 2.93 bits per heavy atom. The zero-order chi connectivity index (χ0) is 20.0. The van der Waals surface area contributed by atoms with Crippen molar-refractivity contribution in [1.29, 1.82) is 0 Å². The fraction of sp³-hybridized carbons (Fsp3) is 0.609. The highest BCUT2D eigenvalue weighted by atomic mass is 16.6. The molecule has 8 rings (SSSR count). The normalized spacial score (nSPS) is 50.2. The molecule has 3 heterocycles. The van der Waals surface area contributed by atoms with Crippen molar-refractivity contribution in [2.75, 3.05) is 27.3 Å². The number of rotatable bonds is 1. The van der Waals surface area contributed by atoms with Crippen LogP contribution < -0.4 is 4.74 Å². The van der Waals surface area contributed by atoms with E-state index in [1.807, 2.05) is 6.92 Å². The summed E-state index contributed by atoms with van der Waals surface area (Å²) in [5, 5.41) is 10.8. The third kappa shape index (κ3) is 1.23. The van der Waals surface area contributed by atoms with Crippen molar-refractivity contribution in [3.63, 3.8) is 0 Å². The number of phenolic OH excluding ortho intramolecular Hbond substituents is 1. The molecule has 6 atom stereocenters. The van der Waals surface area contributed by atoms with Crippen molar-refractivity contribution in [3.05, 3.63) is 35.4 Å². The lowest BCUT2D eigenvalue weighted by Crippen LogP contribution is -2.90. The molecule has 0 amide bonds. The van der Waals surface area contributed by atoms with Crippen molar-refractivity contribution in [2.24, 2.45) is 10.8 Å². The molecular weight excluding hydrogens is 370 g/mol. The Morgan fingerprint density at radius 2 is 2.14 bits per heavy atom. The van der Waals surface area contributed by atoms with Crippen LogP contribution in [0.15, 0.2) is 24.3 Å². The Hall–Kier alpha value is -2.05. The lowest BCUT2D eigenvalue weighted by molar-refractivity contribution is -0.322. The van der Waals surface area contributed by atoms with Crippen LogP contribution in [-0.2, 0) is 26.1 Å². The highest BCUT2D eigenvalue weighted by molar-refractivity contribution is 5.84. The second kappa shape index (κ2) is 4.35. The second-order valence-corrected chi connectivity index (χ2v) is 10.1. The molecule has 0 unspecified atom stereocenters. The third-order valence-corrected chi connectivity index (χ3v) is 9.65. The minimum Gasteiger partial charge on any atom is -0.504 e. The summed E-state index contributed by atoms with van der Waals surface area (Å²) in [5.41, 5.74) is -0.929. The molecule has 6 bridgehead atoms. The molecule has 0 radical (unpaired) electrons. The van der Waals surface area contributed by atoms with E-state index in [4.69, 9.17) is 14.2 Å². The van der Waals surface area contributed by atoms with E-state index in [1.54, 1.807) is 13.2 Å². The molecule has 7 aliphatic rings. The number of piperidine rings is 1. The topological polar surface area (TPSA) is 68.2 Å². The van der Waals surface area contributed by atoms with Crippen molar-refractivity contribution in [1.82, 2.24) is 4.90 Å². The highest BCUT2D eigenvalue weighted by Crippen LogP contribution is 2.81. The number of hydrogen-bond acceptors (Lipinski definition) is 6. The van der Waals surface area contributed by atoms with E-state index in [2.05, 4.69) is 30.2 Å². The average Bonchev–Trinajstić information content (AvgIpc) is 3.02. The zero-order valence-corrected chi connectivity index (χ0v) is 16.9. The Labute approximate surface area is 169 Å². The number of carbonyl (C=O) groups is 1. The molecule has 1 saturated carbocycles. The van der Waals surface area contributed by atoms with E-state index < -0.39 is 16.6 Å². The number of likely N-dealkylation sites (N-methyl/N-ethyl adjacent to an activating group) is 1. The summed E-state index contributed by atoms with van der Waals surface area (Å²) in [6, 6.07) is 4.06. The van der Waals surface area contributed by atoms with E-state index in [-0.39, 0.29) is 35.2 Å². The Morgan fingerprint density at radius 1 is 1.31 bits per heavy atom. The van der Waals surface area contributed by atoms with E-state index in [0.29, 0.717) is 12.2 Å². The van der Waals surface area contributed by atoms with Crippen LogP contribution >= 0.6 is 0 Å². The number of hydrogen-bond donors (Lipinski definition) is 1. The monoisotopic (exact) mass is 395 g/mol. The van der Waals surface area contributed by atoms with Gasteiger partial charge in [-0.15, -0.1) is 0 Å². The van der Waals surface area contributed by atoms with Crippen molar-refractivity contribution in [3.8, 4) is 11.5 Å². The van der Waals surface area contributed by atoms with Gasteiger partial charge in [0.05, 0.1) is 5.41 Å². The number of nitrogens with zero attached hydrogens (tertiary/aromatic N) is 1. The van der Waals surface area contributed by atoms with Gasteiger partial charge >= 0.3 is 5.97 Å². The Balaban J connectivity index is 1.69. The van der Waals surface area contributed by atoms with Crippen LogP contribution in [-0.4, -0.2) is 60.5 Å². The molecule has 3 spiro atoms. The van der Waals surface area contributed by atoms with Crippen LogP contribution in [0.1, 0.15) is 30.9 Å². The number of aromatic hydroxyl groups is 1. The summed E-state index contributed by atoms with van der Waals surface area (Å²) >= 11 is 0. The maximum absolute atomic E-state index is 13.2. The number of esters is 1. The fourth-order valence-corrected chi connectivity index (χ4v) is 8.70. The Bertz CT molecular complexity index is 1050. The van der Waals surface area contributed by atoms with E-state index in [1.165, 1.54) is 5.56 Å². The molecule has 3 aliphatic heterocycles. The first-order chi connectivity index (χ1) is 13.8. The van der Waals surface area contributed by atoms with Gasteiger partial charge in [-0.1, -0.05) is 18.2 Å². The number of methoxy groups -OCH3 is 1. The van der Waals surface area contributed by atoms with E-state index >= 15 is 0 Å². The van der Waals surface area contributed by atoms with Gasteiger partial charge in [0.1, 0.15) is 17.6 Å². The predicted molar refractivity (Wildman–Crippen MR) is 103 cm³/mol. The van der Waals surface area contributed by atoms with Gasteiger partial charge in [0.2, 0.25) is 0 Å². The van der Waals surface area contributed by atoms with E-state index in [0.717, 1.165) is 24.9 Å². The maximum Gasteiger partial charge on any atom is 0.315 e. The molecule has 0 aromatic heterocycles. The molecule has 3 fully saturated rings. The number of benzene rings is 1. The largest absolute Gasteiger partial charge is 0.504 e. The van der Waals surface area contributed by atoms with Gasteiger partial charge in [-0.3, -0.25) is 4.79 Å². The lowest BCUT2D eigenvalue weighted by Gasteiger charge is -2.77. The van der Waals surface area contributed by atoms with Gasteiger partial charge in [0.15, 0.2) is 17.1 Å². The highest BCUT2D eigenvalue weighted by Gasteiger charge is 2.90. The Kier molecular flexibility index (Phi) is 2.51. The predicted octanol–water partition coefficient (Wildman–Crippen LogP) is 1.93. The minimum absolute atomic E-state index is 0.144. The third-order valence-electron chi connectivity index (χ3n) is 9.65. The SMILES string of the molecule is CO[C@]12C=C[C@]34C[C@@]1(C)C(=O)OC[C@]21Oc2c(O)ccc5c2[C@@]13CCN(C)[C@@H]4C5. The van der Waals surface area contributed by atoms with Gasteiger partial charge in [0, 0.05) is 24.1 Å². The van der Waals surface area contributed by atoms with Crippen LogP contribution in [0.5, 0.6) is 11.5 Å². The van der Waals surface area contributed by atoms with E-state index in [9.17, 15) is 9.90 Å². The first-order valence-electron chi connectivity index (χ1n) is 10.5. The van der Waals surface area contributed by atoms with Gasteiger partial charge in [-0.05, 0) is 51.4 Å². The molecule has 2 saturated heterocycles. The minimum atomic E-state index is -0.933. The first-order valence-corrected chi connectivity index (χ1v) is 10.5. The van der Waals surface area contributed by atoms with Crippen molar-refractivity contribution in [2.45, 2.75) is 48.8 Å². The molecule has 29 heavy (non-hydrogen) atoms. The summed E-state index contributed by atoms with van der Waals surface area (Å²) in [7, 11) is 3.87. The van der Waals surface area contributed by atoms with Crippen LogP contribution in [0.25, 0.3) is 0 Å². The summed E-state index contributed by atoms with van der Waals surface area (Å²) < 4.78 is 19.0. The smallest absolute Gasteiger partial charge is 0.315 e. The molecule has 1 aromatic rings. The molecule has 6 heteroatoms. The lowest BCUT2D eigenvalue weighted by atomic mass is 9.30. The zero-order valence-electron chi connectivity index (χ0n) is 16.9. The number of ether oxygens (including phenoxy) is 3. The number of carbonyl (C=O) groups excluding carboxylic acids is 1. The second-order valence-electron chi connectivity index (χ2n) is 10.1. The van der Waals surface area contributed by atoms with Crippen molar-refractivity contribution >= 4 is 5.97 Å². The number of cyclic esters (lactones) is 1. The molecular formula is C23H25NO5.